The lowest BCUT2D eigenvalue weighted by molar-refractivity contribution is 0.199. The summed E-state index contributed by atoms with van der Waals surface area (Å²) in [6.07, 6.45) is 0. The van der Waals surface area contributed by atoms with Crippen LogP contribution in [-0.2, 0) is 11.3 Å². The van der Waals surface area contributed by atoms with E-state index in [1.165, 1.54) is 0 Å². The number of nitrogens with zero attached hydrogens (tertiary/aromatic N) is 1. The van der Waals surface area contributed by atoms with Gasteiger partial charge in [-0.3, -0.25) is 4.79 Å². The highest BCUT2D eigenvalue weighted by atomic mass is 16.5. The predicted octanol–water partition coefficient (Wildman–Crippen LogP) is 0.968. The first-order valence-electron chi connectivity index (χ1n) is 5.90. The van der Waals surface area contributed by atoms with Gasteiger partial charge in [-0.05, 0) is 18.6 Å². The van der Waals surface area contributed by atoms with E-state index < -0.39 is 0 Å². The van der Waals surface area contributed by atoms with Crippen LogP contribution in [0.3, 0.4) is 0 Å². The maximum Gasteiger partial charge on any atom is 0.258 e. The third-order valence-electron chi connectivity index (χ3n) is 2.76. The molecule has 2 rings (SSSR count). The van der Waals surface area contributed by atoms with Crippen LogP contribution in [0.2, 0.25) is 0 Å². The second-order valence-corrected chi connectivity index (χ2v) is 4.15. The highest BCUT2D eigenvalue weighted by Crippen LogP contribution is 2.11. The highest BCUT2D eigenvalue weighted by molar-refractivity contribution is 5.80. The second kappa shape index (κ2) is 5.75. The lowest BCUT2D eigenvalue weighted by atomic mass is 10.1. The molecule has 5 heteroatoms. The SMILES string of the molecule is COCCNCc1nc2c(C)cccc2c(=O)[nH]1. The van der Waals surface area contributed by atoms with Gasteiger partial charge in [0.05, 0.1) is 24.1 Å². The summed E-state index contributed by atoms with van der Waals surface area (Å²) in [6.45, 7) is 3.85. The third kappa shape index (κ3) is 2.75. The largest absolute Gasteiger partial charge is 0.383 e. The van der Waals surface area contributed by atoms with Gasteiger partial charge in [0.2, 0.25) is 0 Å². The van der Waals surface area contributed by atoms with Crippen LogP contribution in [0, 0.1) is 6.92 Å². The van der Waals surface area contributed by atoms with Crippen LogP contribution in [0.15, 0.2) is 23.0 Å². The topological polar surface area (TPSA) is 67.0 Å². The summed E-state index contributed by atoms with van der Waals surface area (Å²) in [5, 5.41) is 3.79. The molecule has 0 aliphatic carbocycles. The number of aryl methyl sites for hydroxylation is 1. The smallest absolute Gasteiger partial charge is 0.258 e. The molecule has 0 aliphatic rings. The van der Waals surface area contributed by atoms with E-state index in [0.717, 1.165) is 17.6 Å². The van der Waals surface area contributed by atoms with Gasteiger partial charge in [-0.1, -0.05) is 12.1 Å². The minimum absolute atomic E-state index is 0.0905. The third-order valence-corrected chi connectivity index (χ3v) is 2.76. The van der Waals surface area contributed by atoms with Crippen molar-refractivity contribution in [3.05, 3.63) is 39.9 Å². The Balaban J connectivity index is 2.25. The molecule has 0 saturated heterocycles. The Hall–Kier alpha value is -1.72. The molecule has 2 N–H and O–H groups in total. The fourth-order valence-corrected chi connectivity index (χ4v) is 1.82. The van der Waals surface area contributed by atoms with Crippen molar-refractivity contribution in [3.8, 4) is 0 Å². The molecule has 0 saturated carbocycles. The lowest BCUT2D eigenvalue weighted by Crippen LogP contribution is -2.22. The maximum atomic E-state index is 11.9. The molecule has 1 heterocycles. The van der Waals surface area contributed by atoms with Gasteiger partial charge in [0.1, 0.15) is 5.82 Å². The number of nitrogens with one attached hydrogen (secondary N) is 2. The zero-order valence-corrected chi connectivity index (χ0v) is 10.6. The van der Waals surface area contributed by atoms with Gasteiger partial charge in [-0.15, -0.1) is 0 Å². The Morgan fingerprint density at radius 3 is 3.06 bits per heavy atom. The number of ether oxygens (including phenoxy) is 1. The average Bonchev–Trinajstić information content (AvgIpc) is 2.36. The van der Waals surface area contributed by atoms with Crippen LogP contribution in [0.5, 0.6) is 0 Å². The van der Waals surface area contributed by atoms with Crippen LogP contribution in [0.25, 0.3) is 10.9 Å². The molecule has 0 aliphatic heterocycles. The van der Waals surface area contributed by atoms with E-state index >= 15 is 0 Å². The zero-order valence-electron chi connectivity index (χ0n) is 10.6. The monoisotopic (exact) mass is 247 g/mol. The van der Waals surface area contributed by atoms with Gasteiger partial charge >= 0.3 is 0 Å². The number of hydrogen-bond donors (Lipinski definition) is 2. The normalized spacial score (nSPS) is 11.0. The summed E-state index contributed by atoms with van der Waals surface area (Å²) in [5.41, 5.74) is 1.69. The van der Waals surface area contributed by atoms with Crippen LogP contribution in [-0.4, -0.2) is 30.2 Å². The molecule has 1 aromatic carbocycles. The van der Waals surface area contributed by atoms with Crippen LogP contribution in [0.1, 0.15) is 11.4 Å². The van der Waals surface area contributed by atoms with Crippen molar-refractivity contribution >= 4 is 10.9 Å². The molecule has 0 fully saturated rings. The first-order chi connectivity index (χ1) is 8.72. The van der Waals surface area contributed by atoms with Gasteiger partial charge in [0.25, 0.3) is 5.56 Å². The summed E-state index contributed by atoms with van der Waals surface area (Å²) in [7, 11) is 1.65. The van der Waals surface area contributed by atoms with Gasteiger partial charge in [-0.25, -0.2) is 4.98 Å². The van der Waals surface area contributed by atoms with E-state index in [1.807, 2.05) is 19.1 Å². The standard InChI is InChI=1S/C13H17N3O2/c1-9-4-3-5-10-12(9)15-11(16-13(10)17)8-14-6-7-18-2/h3-5,14H,6-8H2,1-2H3,(H,15,16,17). The van der Waals surface area contributed by atoms with Crippen molar-refractivity contribution in [2.75, 3.05) is 20.3 Å². The number of benzene rings is 1. The van der Waals surface area contributed by atoms with E-state index in [2.05, 4.69) is 15.3 Å². The van der Waals surface area contributed by atoms with E-state index in [0.29, 0.717) is 24.4 Å². The Bertz CT molecular complexity index is 592. The summed E-state index contributed by atoms with van der Waals surface area (Å²) in [5.74, 6) is 0.651. The summed E-state index contributed by atoms with van der Waals surface area (Å²) in [6, 6.07) is 5.61. The Kier molecular flexibility index (Phi) is 4.07. The van der Waals surface area contributed by atoms with E-state index in [9.17, 15) is 4.79 Å². The van der Waals surface area contributed by atoms with Crippen LogP contribution in [0.4, 0.5) is 0 Å². The average molecular weight is 247 g/mol. The lowest BCUT2D eigenvalue weighted by Gasteiger charge is -2.06. The van der Waals surface area contributed by atoms with Crippen molar-refractivity contribution < 1.29 is 4.74 Å². The number of rotatable bonds is 5. The Labute approximate surface area is 105 Å². The van der Waals surface area contributed by atoms with Crippen molar-refractivity contribution in [2.24, 2.45) is 0 Å². The van der Waals surface area contributed by atoms with Gasteiger partial charge in [-0.2, -0.15) is 0 Å². The number of aromatic nitrogens is 2. The molecular formula is C13H17N3O2. The van der Waals surface area contributed by atoms with E-state index in [4.69, 9.17) is 4.74 Å². The minimum Gasteiger partial charge on any atom is -0.383 e. The van der Waals surface area contributed by atoms with Gasteiger partial charge in [0.15, 0.2) is 0 Å². The molecule has 96 valence electrons. The minimum atomic E-state index is -0.0905. The number of para-hydroxylation sites is 1. The van der Waals surface area contributed by atoms with Crippen LogP contribution < -0.4 is 10.9 Å². The number of fused-ring (bicyclic) bond motifs is 1. The van der Waals surface area contributed by atoms with Crippen molar-refractivity contribution in [1.82, 2.24) is 15.3 Å². The predicted molar refractivity (Wildman–Crippen MR) is 70.7 cm³/mol. The fourth-order valence-electron chi connectivity index (χ4n) is 1.82. The summed E-state index contributed by atoms with van der Waals surface area (Å²) < 4.78 is 4.94. The number of methoxy groups -OCH3 is 1. The molecule has 18 heavy (non-hydrogen) atoms. The Morgan fingerprint density at radius 1 is 1.44 bits per heavy atom. The molecule has 0 spiro atoms. The van der Waals surface area contributed by atoms with Crippen LogP contribution >= 0.6 is 0 Å². The maximum absolute atomic E-state index is 11.9. The number of H-pyrrole nitrogens is 1. The fraction of sp³-hybridized carbons (Fsp3) is 0.385. The molecule has 0 atom stereocenters. The first kappa shape index (κ1) is 12.7. The summed E-state index contributed by atoms with van der Waals surface area (Å²) in [4.78, 5) is 19.2. The molecule has 0 radical (unpaired) electrons. The highest BCUT2D eigenvalue weighted by Gasteiger charge is 2.05. The first-order valence-corrected chi connectivity index (χ1v) is 5.90. The Morgan fingerprint density at radius 2 is 2.28 bits per heavy atom. The quantitative estimate of drug-likeness (QED) is 0.773. The van der Waals surface area contributed by atoms with Gasteiger partial charge in [0, 0.05) is 13.7 Å². The second-order valence-electron chi connectivity index (χ2n) is 4.15. The molecule has 0 bridgehead atoms. The summed E-state index contributed by atoms with van der Waals surface area (Å²) >= 11 is 0. The number of aromatic amines is 1. The van der Waals surface area contributed by atoms with Crippen molar-refractivity contribution in [3.63, 3.8) is 0 Å². The number of hydrogen-bond acceptors (Lipinski definition) is 4. The van der Waals surface area contributed by atoms with Gasteiger partial charge < -0.3 is 15.0 Å². The molecule has 0 amide bonds. The molecule has 1 aromatic heterocycles. The molecule has 5 nitrogen and oxygen atoms in total. The van der Waals surface area contributed by atoms with Crippen molar-refractivity contribution in [1.29, 1.82) is 0 Å². The van der Waals surface area contributed by atoms with E-state index in [1.54, 1.807) is 13.2 Å². The van der Waals surface area contributed by atoms with Crippen molar-refractivity contribution in [2.45, 2.75) is 13.5 Å². The van der Waals surface area contributed by atoms with E-state index in [-0.39, 0.29) is 5.56 Å². The molecule has 0 unspecified atom stereocenters. The zero-order chi connectivity index (χ0) is 13.0. The molecule has 2 aromatic rings. The molecular weight excluding hydrogens is 230 g/mol.